The highest BCUT2D eigenvalue weighted by Crippen LogP contribution is 2.38. The van der Waals surface area contributed by atoms with Crippen molar-refractivity contribution in [3.63, 3.8) is 0 Å². The Morgan fingerprint density at radius 3 is 2.31 bits per heavy atom. The minimum atomic E-state index is -0.305. The van der Waals surface area contributed by atoms with E-state index in [0.717, 1.165) is 33.4 Å². The summed E-state index contributed by atoms with van der Waals surface area (Å²) in [6.45, 7) is 4.43. The van der Waals surface area contributed by atoms with E-state index in [1.54, 1.807) is 45.8 Å². The van der Waals surface area contributed by atoms with Crippen molar-refractivity contribution in [3.8, 4) is 34.1 Å². The van der Waals surface area contributed by atoms with Crippen LogP contribution in [0.5, 0.6) is 23.0 Å². The van der Waals surface area contributed by atoms with Crippen LogP contribution >= 0.6 is 0 Å². The number of benzene rings is 3. The Hall–Kier alpha value is -4.39. The summed E-state index contributed by atoms with van der Waals surface area (Å²) in [5, 5.41) is 3.78. The minimum Gasteiger partial charge on any atom is -0.497 e. The fourth-order valence-corrected chi connectivity index (χ4v) is 4.01. The molecule has 0 fully saturated rings. The number of anilines is 1. The molecule has 3 aromatic carbocycles. The predicted octanol–water partition coefficient (Wildman–Crippen LogP) is 6.57. The zero-order chi connectivity index (χ0) is 25.7. The van der Waals surface area contributed by atoms with Crippen molar-refractivity contribution < 1.29 is 28.2 Å². The molecular formula is C29H29NO6. The second-order valence-corrected chi connectivity index (χ2v) is 8.04. The zero-order valence-electron chi connectivity index (χ0n) is 21.0. The number of hydrogen-bond donors (Lipinski definition) is 1. The van der Waals surface area contributed by atoms with Gasteiger partial charge in [-0.15, -0.1) is 0 Å². The van der Waals surface area contributed by atoms with Gasteiger partial charge in [0.1, 0.15) is 28.6 Å². The Bertz CT molecular complexity index is 1400. The van der Waals surface area contributed by atoms with E-state index in [9.17, 15) is 4.79 Å². The summed E-state index contributed by atoms with van der Waals surface area (Å²) in [6.07, 6.45) is 3.25. The second-order valence-electron chi connectivity index (χ2n) is 8.04. The Labute approximate surface area is 210 Å². The van der Waals surface area contributed by atoms with Gasteiger partial charge in [0.2, 0.25) is 5.91 Å². The third kappa shape index (κ3) is 5.15. The van der Waals surface area contributed by atoms with Crippen molar-refractivity contribution in [1.82, 2.24) is 0 Å². The Morgan fingerprint density at radius 1 is 0.917 bits per heavy atom. The molecule has 0 radical (unpaired) electrons. The number of carbonyl (C=O) groups excluding carboxylic acids is 1. The average molecular weight is 488 g/mol. The number of rotatable bonds is 9. The first kappa shape index (κ1) is 24.7. The summed E-state index contributed by atoms with van der Waals surface area (Å²) in [7, 11) is 4.71. The summed E-state index contributed by atoms with van der Waals surface area (Å²) in [5.74, 6) is 2.26. The molecule has 0 spiro atoms. The standard InChI is InChI=1S/C29H29NO6/c1-6-35-20-9-7-19(8-10-20)24-17-36-28-16-27(34-5)22(15-23(24)28)18(2)13-29(31)30-25-14-21(32-3)11-12-26(25)33-4/h7-17H,6H2,1-5H3,(H,30,31)/b18-13+. The van der Waals surface area contributed by atoms with Gasteiger partial charge in [-0.05, 0) is 55.3 Å². The third-order valence-electron chi connectivity index (χ3n) is 5.81. The Balaban J connectivity index is 1.67. The molecular weight excluding hydrogens is 458 g/mol. The molecule has 0 aliphatic carbocycles. The van der Waals surface area contributed by atoms with E-state index in [0.29, 0.717) is 35.1 Å². The Morgan fingerprint density at radius 2 is 1.64 bits per heavy atom. The molecule has 0 aliphatic rings. The van der Waals surface area contributed by atoms with Crippen LogP contribution in [0, 0.1) is 0 Å². The number of nitrogens with one attached hydrogen (secondary N) is 1. The maximum absolute atomic E-state index is 12.9. The predicted molar refractivity (Wildman–Crippen MR) is 141 cm³/mol. The summed E-state index contributed by atoms with van der Waals surface area (Å²) < 4.78 is 27.6. The van der Waals surface area contributed by atoms with Gasteiger partial charge in [0.25, 0.3) is 0 Å². The van der Waals surface area contributed by atoms with Crippen LogP contribution in [0.25, 0.3) is 27.7 Å². The molecule has 0 atom stereocenters. The van der Waals surface area contributed by atoms with Crippen LogP contribution in [0.3, 0.4) is 0 Å². The topological polar surface area (TPSA) is 79.2 Å². The van der Waals surface area contributed by atoms with E-state index in [1.165, 1.54) is 6.08 Å². The zero-order valence-corrected chi connectivity index (χ0v) is 21.0. The molecule has 0 bridgehead atoms. The van der Waals surface area contributed by atoms with Gasteiger partial charge >= 0.3 is 0 Å². The van der Waals surface area contributed by atoms with E-state index in [2.05, 4.69) is 5.32 Å². The molecule has 4 rings (SSSR count). The summed E-state index contributed by atoms with van der Waals surface area (Å²) in [4.78, 5) is 12.9. The van der Waals surface area contributed by atoms with Gasteiger partial charge in [-0.1, -0.05) is 12.1 Å². The van der Waals surface area contributed by atoms with Gasteiger partial charge in [0, 0.05) is 34.7 Å². The maximum atomic E-state index is 12.9. The number of ether oxygens (including phenoxy) is 4. The third-order valence-corrected chi connectivity index (χ3v) is 5.81. The largest absolute Gasteiger partial charge is 0.497 e. The van der Waals surface area contributed by atoms with E-state index >= 15 is 0 Å². The molecule has 1 heterocycles. The molecule has 7 nitrogen and oxygen atoms in total. The first-order valence-electron chi connectivity index (χ1n) is 11.5. The van der Waals surface area contributed by atoms with Gasteiger partial charge in [-0.3, -0.25) is 4.79 Å². The van der Waals surface area contributed by atoms with Gasteiger partial charge in [-0.2, -0.15) is 0 Å². The van der Waals surface area contributed by atoms with Gasteiger partial charge in [-0.25, -0.2) is 0 Å². The molecule has 186 valence electrons. The number of fused-ring (bicyclic) bond motifs is 1. The van der Waals surface area contributed by atoms with Gasteiger partial charge in [0.15, 0.2) is 0 Å². The van der Waals surface area contributed by atoms with Crippen LogP contribution in [0.4, 0.5) is 5.69 Å². The van der Waals surface area contributed by atoms with Crippen molar-refractivity contribution in [1.29, 1.82) is 0 Å². The lowest BCUT2D eigenvalue weighted by molar-refractivity contribution is -0.111. The number of hydrogen-bond acceptors (Lipinski definition) is 6. The molecule has 0 saturated heterocycles. The molecule has 0 saturated carbocycles. The van der Waals surface area contributed by atoms with Crippen molar-refractivity contribution >= 4 is 28.1 Å². The SMILES string of the molecule is CCOc1ccc(-c2coc3cc(OC)c(/C(C)=C/C(=O)Nc4cc(OC)ccc4OC)cc23)cc1. The fraction of sp³-hybridized carbons (Fsp3) is 0.207. The first-order valence-corrected chi connectivity index (χ1v) is 11.5. The summed E-state index contributed by atoms with van der Waals surface area (Å²) in [6, 6.07) is 16.9. The van der Waals surface area contributed by atoms with Crippen LogP contribution in [-0.4, -0.2) is 33.8 Å². The number of methoxy groups -OCH3 is 3. The molecule has 4 aromatic rings. The highest BCUT2D eigenvalue weighted by atomic mass is 16.5. The van der Waals surface area contributed by atoms with Crippen molar-refractivity contribution in [2.45, 2.75) is 13.8 Å². The summed E-state index contributed by atoms with van der Waals surface area (Å²) >= 11 is 0. The number of furan rings is 1. The quantitative estimate of drug-likeness (QED) is 0.269. The summed E-state index contributed by atoms with van der Waals surface area (Å²) in [5.41, 5.74) is 4.66. The van der Waals surface area contributed by atoms with E-state index in [1.807, 2.05) is 50.2 Å². The highest BCUT2D eigenvalue weighted by Gasteiger charge is 2.16. The van der Waals surface area contributed by atoms with Crippen LogP contribution in [0.15, 0.2) is 71.4 Å². The van der Waals surface area contributed by atoms with Gasteiger partial charge in [0.05, 0.1) is 39.9 Å². The molecule has 1 amide bonds. The highest BCUT2D eigenvalue weighted by molar-refractivity contribution is 6.06. The monoisotopic (exact) mass is 487 g/mol. The maximum Gasteiger partial charge on any atom is 0.248 e. The second kappa shape index (κ2) is 10.9. The van der Waals surface area contributed by atoms with Crippen LogP contribution in [0.1, 0.15) is 19.4 Å². The molecule has 0 aliphatic heterocycles. The van der Waals surface area contributed by atoms with Gasteiger partial charge < -0.3 is 28.7 Å². The molecule has 7 heteroatoms. The number of amides is 1. The van der Waals surface area contributed by atoms with E-state index in [-0.39, 0.29) is 5.91 Å². The van der Waals surface area contributed by atoms with Crippen molar-refractivity contribution in [2.75, 3.05) is 33.3 Å². The van der Waals surface area contributed by atoms with E-state index < -0.39 is 0 Å². The molecule has 1 aromatic heterocycles. The first-order chi connectivity index (χ1) is 17.5. The minimum absolute atomic E-state index is 0.305. The van der Waals surface area contributed by atoms with Crippen LogP contribution in [-0.2, 0) is 4.79 Å². The average Bonchev–Trinajstić information content (AvgIpc) is 3.31. The Kier molecular flexibility index (Phi) is 7.49. The van der Waals surface area contributed by atoms with Crippen molar-refractivity contribution in [2.24, 2.45) is 0 Å². The molecule has 0 unspecified atom stereocenters. The smallest absolute Gasteiger partial charge is 0.248 e. The lowest BCUT2D eigenvalue weighted by Gasteiger charge is -2.12. The lowest BCUT2D eigenvalue weighted by atomic mass is 9.99. The lowest BCUT2D eigenvalue weighted by Crippen LogP contribution is -2.10. The van der Waals surface area contributed by atoms with Crippen LogP contribution < -0.4 is 24.3 Å². The van der Waals surface area contributed by atoms with E-state index in [4.69, 9.17) is 23.4 Å². The number of allylic oxidation sites excluding steroid dienone is 1. The number of carbonyl (C=O) groups is 1. The molecule has 36 heavy (non-hydrogen) atoms. The normalized spacial score (nSPS) is 11.3. The van der Waals surface area contributed by atoms with Crippen LogP contribution in [0.2, 0.25) is 0 Å². The van der Waals surface area contributed by atoms with Crippen molar-refractivity contribution in [3.05, 3.63) is 72.5 Å². The molecule has 1 N–H and O–H groups in total. The fourth-order valence-electron chi connectivity index (χ4n) is 4.01.